The summed E-state index contributed by atoms with van der Waals surface area (Å²) in [5.74, 6) is -2.20. The van der Waals surface area contributed by atoms with E-state index in [1.165, 1.54) is 42.3 Å². The van der Waals surface area contributed by atoms with Gasteiger partial charge in [0.2, 0.25) is 0 Å². The lowest BCUT2D eigenvalue weighted by Crippen LogP contribution is -2.46. The van der Waals surface area contributed by atoms with Gasteiger partial charge in [-0.05, 0) is 67.9 Å². The largest absolute Gasteiger partial charge is 0.496 e. The van der Waals surface area contributed by atoms with E-state index in [0.717, 1.165) is 12.1 Å². The number of rotatable bonds is 5. The molecule has 1 saturated heterocycles. The number of methoxy groups -OCH3 is 1. The Morgan fingerprint density at radius 1 is 1.03 bits per heavy atom. The van der Waals surface area contributed by atoms with Crippen LogP contribution < -0.4 is 9.64 Å². The number of benzene rings is 3. The first-order valence-corrected chi connectivity index (χ1v) is 11.8. The molecule has 37 heavy (non-hydrogen) atoms. The molecule has 0 N–H and O–H groups in total. The van der Waals surface area contributed by atoms with Crippen molar-refractivity contribution in [2.45, 2.75) is 24.8 Å². The van der Waals surface area contributed by atoms with Crippen LogP contribution in [0.25, 0.3) is 0 Å². The van der Waals surface area contributed by atoms with Crippen molar-refractivity contribution in [1.29, 1.82) is 0 Å². The molecule has 3 aromatic carbocycles. The van der Waals surface area contributed by atoms with Crippen LogP contribution in [0.1, 0.15) is 34.3 Å². The van der Waals surface area contributed by atoms with Gasteiger partial charge in [-0.2, -0.15) is 0 Å². The molecule has 10 heteroatoms. The Morgan fingerprint density at radius 2 is 1.73 bits per heavy atom. The third-order valence-electron chi connectivity index (χ3n) is 7.37. The molecule has 7 nitrogen and oxygen atoms in total. The van der Waals surface area contributed by atoms with Crippen molar-refractivity contribution in [2.75, 3.05) is 31.6 Å². The van der Waals surface area contributed by atoms with E-state index < -0.39 is 33.7 Å². The maximum atomic E-state index is 14.4. The molecule has 0 bridgehead atoms. The number of halogens is 3. The Morgan fingerprint density at radius 3 is 2.41 bits per heavy atom. The zero-order valence-corrected chi connectivity index (χ0v) is 20.0. The van der Waals surface area contributed by atoms with Gasteiger partial charge in [0.25, 0.3) is 11.6 Å². The maximum Gasteiger partial charge on any atom is 0.270 e. The standard InChI is InChI=1S/C27H24F3N3O4/c1-37-25-7-4-20(33(35)36)12-17(25)15-31-10-8-27(9-11-31)16-32(24-6-3-18(28)13-22(24)27)26(34)21-5-2-19(29)14-23(21)30/h2-7,12-14H,8-11,15-16H2,1H3. The second kappa shape index (κ2) is 9.51. The molecule has 1 fully saturated rings. The van der Waals surface area contributed by atoms with Gasteiger partial charge >= 0.3 is 0 Å². The normalized spacial score (nSPS) is 16.6. The van der Waals surface area contributed by atoms with Crippen LogP contribution in [0, 0.1) is 27.6 Å². The summed E-state index contributed by atoms with van der Waals surface area (Å²) in [4.78, 5) is 27.7. The number of nitro groups is 1. The monoisotopic (exact) mass is 511 g/mol. The van der Waals surface area contributed by atoms with E-state index in [1.54, 1.807) is 6.07 Å². The number of amides is 1. The number of hydrogen-bond donors (Lipinski definition) is 0. The number of likely N-dealkylation sites (tertiary alicyclic amines) is 1. The number of ether oxygens (including phenoxy) is 1. The fourth-order valence-corrected chi connectivity index (χ4v) is 5.44. The Hall–Kier alpha value is -3.92. The lowest BCUT2D eigenvalue weighted by molar-refractivity contribution is -0.385. The van der Waals surface area contributed by atoms with Crippen LogP contribution in [0.4, 0.5) is 24.5 Å². The van der Waals surface area contributed by atoms with Crippen molar-refractivity contribution in [3.8, 4) is 5.75 Å². The van der Waals surface area contributed by atoms with E-state index in [4.69, 9.17) is 4.74 Å². The summed E-state index contributed by atoms with van der Waals surface area (Å²) in [7, 11) is 1.51. The van der Waals surface area contributed by atoms with Crippen LogP contribution in [0.3, 0.4) is 0 Å². The van der Waals surface area contributed by atoms with E-state index in [2.05, 4.69) is 4.90 Å². The van der Waals surface area contributed by atoms with Crippen molar-refractivity contribution in [2.24, 2.45) is 0 Å². The average molecular weight is 512 g/mol. The minimum absolute atomic E-state index is 0.0216. The molecule has 0 aromatic heterocycles. The maximum absolute atomic E-state index is 14.4. The van der Waals surface area contributed by atoms with Gasteiger partial charge in [0.05, 0.1) is 17.6 Å². The first-order valence-electron chi connectivity index (χ1n) is 11.8. The van der Waals surface area contributed by atoms with Crippen molar-refractivity contribution >= 4 is 17.3 Å². The number of non-ortho nitro benzene ring substituents is 1. The molecule has 192 valence electrons. The molecule has 2 aliphatic rings. The highest BCUT2D eigenvalue weighted by molar-refractivity contribution is 6.08. The van der Waals surface area contributed by atoms with Gasteiger partial charge in [0.15, 0.2) is 0 Å². The quantitative estimate of drug-likeness (QED) is 0.347. The molecule has 2 aliphatic heterocycles. The molecule has 3 aromatic rings. The van der Waals surface area contributed by atoms with Crippen LogP contribution in [-0.4, -0.2) is 42.5 Å². The Kier molecular flexibility index (Phi) is 6.36. The lowest BCUT2D eigenvalue weighted by Gasteiger charge is -2.40. The van der Waals surface area contributed by atoms with Crippen molar-refractivity contribution in [1.82, 2.24) is 4.90 Å². The van der Waals surface area contributed by atoms with Crippen LogP contribution in [-0.2, 0) is 12.0 Å². The van der Waals surface area contributed by atoms with E-state index in [1.807, 2.05) is 0 Å². The van der Waals surface area contributed by atoms with Crippen molar-refractivity contribution in [3.05, 3.63) is 98.9 Å². The molecule has 0 atom stereocenters. The second-order valence-corrected chi connectivity index (χ2v) is 9.49. The molecule has 1 amide bonds. The number of carbonyl (C=O) groups excluding carboxylic acids is 1. The van der Waals surface area contributed by atoms with Crippen molar-refractivity contribution in [3.63, 3.8) is 0 Å². The topological polar surface area (TPSA) is 75.9 Å². The number of nitrogens with zero attached hydrogens (tertiary/aromatic N) is 3. The van der Waals surface area contributed by atoms with Gasteiger partial charge in [-0.25, -0.2) is 13.2 Å². The van der Waals surface area contributed by atoms with Gasteiger partial charge < -0.3 is 9.64 Å². The fraction of sp³-hybridized carbons (Fsp3) is 0.296. The van der Waals surface area contributed by atoms with Gasteiger partial charge in [-0.3, -0.25) is 19.8 Å². The first kappa shape index (κ1) is 24.8. The summed E-state index contributed by atoms with van der Waals surface area (Å²) in [5, 5.41) is 11.2. The first-order chi connectivity index (χ1) is 17.7. The number of fused-ring (bicyclic) bond motifs is 2. The Balaban J connectivity index is 1.39. The molecule has 0 aliphatic carbocycles. The highest BCUT2D eigenvalue weighted by atomic mass is 19.1. The van der Waals surface area contributed by atoms with Crippen LogP contribution in [0.15, 0.2) is 54.6 Å². The Bertz CT molecular complexity index is 1390. The second-order valence-electron chi connectivity index (χ2n) is 9.49. The van der Waals surface area contributed by atoms with Gasteiger partial charge in [-0.1, -0.05) is 0 Å². The average Bonchev–Trinajstić information content (AvgIpc) is 3.18. The summed E-state index contributed by atoms with van der Waals surface area (Å²) in [6.07, 6.45) is 1.19. The van der Waals surface area contributed by atoms with E-state index in [9.17, 15) is 28.1 Å². The van der Waals surface area contributed by atoms with E-state index in [0.29, 0.717) is 61.1 Å². The zero-order chi connectivity index (χ0) is 26.3. The predicted molar refractivity (Wildman–Crippen MR) is 130 cm³/mol. The molecule has 0 saturated carbocycles. The molecular formula is C27H24F3N3O4. The van der Waals surface area contributed by atoms with Gasteiger partial charge in [0.1, 0.15) is 23.2 Å². The molecule has 1 spiro atoms. The van der Waals surface area contributed by atoms with Gasteiger partial charge in [0, 0.05) is 48.0 Å². The zero-order valence-electron chi connectivity index (χ0n) is 20.0. The number of nitro benzene ring substituents is 1. The highest BCUT2D eigenvalue weighted by Gasteiger charge is 2.47. The minimum Gasteiger partial charge on any atom is -0.496 e. The number of piperidine rings is 1. The lowest BCUT2D eigenvalue weighted by atomic mass is 9.74. The summed E-state index contributed by atoms with van der Waals surface area (Å²) >= 11 is 0. The number of carbonyl (C=O) groups is 1. The summed E-state index contributed by atoms with van der Waals surface area (Å²) in [5.41, 5.74) is 1.09. The third-order valence-corrected chi connectivity index (χ3v) is 7.37. The summed E-state index contributed by atoms with van der Waals surface area (Å²) in [6.45, 7) is 1.86. The molecule has 5 rings (SSSR count). The number of hydrogen-bond acceptors (Lipinski definition) is 5. The SMILES string of the molecule is COc1ccc([N+](=O)[O-])cc1CN1CCC2(CC1)CN(C(=O)c1ccc(F)cc1F)c1ccc(F)cc12. The molecular weight excluding hydrogens is 487 g/mol. The van der Waals surface area contributed by atoms with E-state index in [-0.39, 0.29) is 17.8 Å². The fourth-order valence-electron chi connectivity index (χ4n) is 5.44. The summed E-state index contributed by atoms with van der Waals surface area (Å²) in [6, 6.07) is 11.5. The number of anilines is 1. The van der Waals surface area contributed by atoms with Crippen LogP contribution >= 0.6 is 0 Å². The Labute approximate surface area is 211 Å². The van der Waals surface area contributed by atoms with Gasteiger partial charge in [-0.15, -0.1) is 0 Å². The smallest absolute Gasteiger partial charge is 0.270 e. The molecule has 0 unspecified atom stereocenters. The molecule has 0 radical (unpaired) electrons. The summed E-state index contributed by atoms with van der Waals surface area (Å²) < 4.78 is 47.5. The van der Waals surface area contributed by atoms with Crippen molar-refractivity contribution < 1.29 is 27.6 Å². The van der Waals surface area contributed by atoms with E-state index >= 15 is 0 Å². The predicted octanol–water partition coefficient (Wildman–Crippen LogP) is 5.21. The molecule has 2 heterocycles. The van der Waals surface area contributed by atoms with Crippen LogP contribution in [0.2, 0.25) is 0 Å². The highest BCUT2D eigenvalue weighted by Crippen LogP contribution is 2.48. The third kappa shape index (κ3) is 4.53. The minimum atomic E-state index is -0.949. The van der Waals surface area contributed by atoms with Crippen LogP contribution in [0.5, 0.6) is 5.75 Å².